The van der Waals surface area contributed by atoms with Crippen molar-refractivity contribution in [2.45, 2.75) is 46.8 Å². The van der Waals surface area contributed by atoms with Crippen molar-refractivity contribution in [3.8, 4) is 0 Å². The number of amides is 1. The van der Waals surface area contributed by atoms with E-state index in [1.165, 1.54) is 0 Å². The Kier molecular flexibility index (Phi) is 6.60. The molecular weight excluding hydrogens is 273 g/mol. The summed E-state index contributed by atoms with van der Waals surface area (Å²) in [5, 5.41) is 12.1. The summed E-state index contributed by atoms with van der Waals surface area (Å²) in [5.74, 6) is -0.00671. The van der Waals surface area contributed by atoms with Gasteiger partial charge in [-0.25, -0.2) is 0 Å². The van der Waals surface area contributed by atoms with Crippen molar-refractivity contribution in [2.24, 2.45) is 5.41 Å². The summed E-state index contributed by atoms with van der Waals surface area (Å²) in [6.07, 6.45) is 1.32. The van der Waals surface area contributed by atoms with Gasteiger partial charge in [-0.05, 0) is 35.1 Å². The molecule has 1 aromatic carbocycles. The minimum Gasteiger partial charge on any atom is -0.392 e. The van der Waals surface area contributed by atoms with Crippen molar-refractivity contribution in [3.63, 3.8) is 0 Å². The largest absolute Gasteiger partial charge is 0.392 e. The van der Waals surface area contributed by atoms with Crippen LogP contribution in [-0.4, -0.2) is 11.0 Å². The molecule has 1 aromatic rings. The van der Waals surface area contributed by atoms with Crippen molar-refractivity contribution < 1.29 is 14.4 Å². The van der Waals surface area contributed by atoms with Gasteiger partial charge in [-0.15, -0.1) is 0 Å². The Balaban J connectivity index is 2.70. The highest BCUT2D eigenvalue weighted by atomic mass is 31.0. The van der Waals surface area contributed by atoms with Crippen LogP contribution in [-0.2, 0) is 22.5 Å². The third kappa shape index (κ3) is 6.47. The first-order valence-electron chi connectivity index (χ1n) is 6.69. The molecule has 1 rings (SSSR count). The molecule has 112 valence electrons. The van der Waals surface area contributed by atoms with Gasteiger partial charge in [0.05, 0.1) is 13.2 Å². The number of hydrogen-bond donors (Lipinski definition) is 2. The molecule has 0 aliphatic rings. The highest BCUT2D eigenvalue weighted by Gasteiger charge is 2.13. The molecule has 20 heavy (non-hydrogen) atoms. The Labute approximate surface area is 123 Å². The molecule has 1 amide bonds. The van der Waals surface area contributed by atoms with Crippen LogP contribution in [0, 0.1) is 5.41 Å². The molecule has 0 spiro atoms. The van der Waals surface area contributed by atoms with Crippen LogP contribution in [0.15, 0.2) is 18.2 Å². The van der Waals surface area contributed by atoms with Gasteiger partial charge in [-0.3, -0.25) is 4.79 Å². The van der Waals surface area contributed by atoms with Gasteiger partial charge in [0, 0.05) is 21.6 Å². The van der Waals surface area contributed by atoms with Gasteiger partial charge in [0.15, 0.2) is 0 Å². The Morgan fingerprint density at radius 1 is 1.30 bits per heavy atom. The highest BCUT2D eigenvalue weighted by molar-refractivity contribution is 7.09. The summed E-state index contributed by atoms with van der Waals surface area (Å²) in [6, 6.07) is 5.49. The van der Waals surface area contributed by atoms with Crippen LogP contribution in [0.4, 0.5) is 5.69 Å². The van der Waals surface area contributed by atoms with E-state index in [-0.39, 0.29) is 17.9 Å². The number of carbonyl (C=O) groups is 1. The maximum Gasteiger partial charge on any atom is 0.224 e. The first-order chi connectivity index (χ1) is 9.34. The molecule has 2 N–H and O–H groups in total. The monoisotopic (exact) mass is 297 g/mol. The SMILES string of the molecule is CC(C)(C)CCC(=O)Nc1cc(CO)cc(COP)c1. The van der Waals surface area contributed by atoms with Crippen LogP contribution in [0.3, 0.4) is 0 Å². The number of anilines is 1. The zero-order valence-corrected chi connectivity index (χ0v) is 13.6. The second-order valence-electron chi connectivity index (χ2n) is 6.12. The molecule has 4 nitrogen and oxygen atoms in total. The van der Waals surface area contributed by atoms with Crippen molar-refractivity contribution >= 4 is 21.1 Å². The minimum absolute atomic E-state index is 0.00671. The number of rotatable bonds is 6. The van der Waals surface area contributed by atoms with Crippen LogP contribution < -0.4 is 5.32 Å². The second kappa shape index (κ2) is 7.72. The van der Waals surface area contributed by atoms with Crippen LogP contribution in [0.5, 0.6) is 0 Å². The van der Waals surface area contributed by atoms with Crippen molar-refractivity contribution in [1.29, 1.82) is 0 Å². The van der Waals surface area contributed by atoms with Gasteiger partial charge in [0.25, 0.3) is 0 Å². The molecule has 0 fully saturated rings. The van der Waals surface area contributed by atoms with Gasteiger partial charge in [-0.2, -0.15) is 0 Å². The lowest BCUT2D eigenvalue weighted by molar-refractivity contribution is -0.116. The molecule has 0 heterocycles. The van der Waals surface area contributed by atoms with E-state index in [2.05, 4.69) is 35.6 Å². The first kappa shape index (κ1) is 17.1. The van der Waals surface area contributed by atoms with Gasteiger partial charge in [-0.1, -0.05) is 26.8 Å². The predicted molar refractivity (Wildman–Crippen MR) is 84.2 cm³/mol. The maximum atomic E-state index is 11.9. The molecule has 1 unspecified atom stereocenters. The summed E-state index contributed by atoms with van der Waals surface area (Å²) in [5.41, 5.74) is 2.52. The number of hydrogen-bond acceptors (Lipinski definition) is 3. The fourth-order valence-corrected chi connectivity index (χ4v) is 2.01. The van der Waals surface area contributed by atoms with Crippen LogP contribution in [0.25, 0.3) is 0 Å². The Morgan fingerprint density at radius 2 is 1.95 bits per heavy atom. The summed E-state index contributed by atoms with van der Waals surface area (Å²) >= 11 is 0. The standard InChI is InChI=1S/C15H24NO3P/c1-15(2,3)5-4-14(18)16-13-7-11(9-17)6-12(8-13)10-19-20/h6-8,17H,4-5,9-10,20H2,1-3H3,(H,16,18). The average Bonchev–Trinajstić information content (AvgIpc) is 2.35. The third-order valence-electron chi connectivity index (χ3n) is 2.87. The van der Waals surface area contributed by atoms with Gasteiger partial charge < -0.3 is 14.9 Å². The lowest BCUT2D eigenvalue weighted by Crippen LogP contribution is -2.15. The molecule has 0 aliphatic heterocycles. The summed E-state index contributed by atoms with van der Waals surface area (Å²) in [6.45, 7) is 6.70. The van der Waals surface area contributed by atoms with Crippen molar-refractivity contribution in [3.05, 3.63) is 29.3 Å². The van der Waals surface area contributed by atoms with Crippen LogP contribution >= 0.6 is 9.47 Å². The molecule has 0 radical (unpaired) electrons. The van der Waals surface area contributed by atoms with E-state index in [4.69, 9.17) is 4.52 Å². The van der Waals surface area contributed by atoms with Gasteiger partial charge in [0.1, 0.15) is 0 Å². The molecule has 1 atom stereocenters. The van der Waals surface area contributed by atoms with E-state index in [1.807, 2.05) is 12.1 Å². The highest BCUT2D eigenvalue weighted by Crippen LogP contribution is 2.22. The Bertz CT molecular complexity index is 455. The number of aliphatic hydroxyl groups is 1. The topological polar surface area (TPSA) is 58.6 Å². The number of carbonyl (C=O) groups excluding carboxylic acids is 1. The molecule has 0 saturated heterocycles. The average molecular weight is 297 g/mol. The Hall–Kier alpha value is -0.960. The fraction of sp³-hybridized carbons (Fsp3) is 0.533. The predicted octanol–water partition coefficient (Wildman–Crippen LogP) is 3.25. The quantitative estimate of drug-likeness (QED) is 0.792. The smallest absolute Gasteiger partial charge is 0.224 e. The minimum atomic E-state index is -0.0600. The summed E-state index contributed by atoms with van der Waals surface area (Å²) < 4.78 is 5.00. The third-order valence-corrected chi connectivity index (χ3v) is 3.04. The molecule has 0 aromatic heterocycles. The van der Waals surface area contributed by atoms with E-state index < -0.39 is 0 Å². The Morgan fingerprint density at radius 3 is 2.50 bits per heavy atom. The van der Waals surface area contributed by atoms with E-state index in [9.17, 15) is 9.90 Å². The van der Waals surface area contributed by atoms with E-state index in [0.717, 1.165) is 17.5 Å². The normalized spacial score (nSPS) is 11.4. The number of aliphatic hydroxyl groups excluding tert-OH is 1. The summed E-state index contributed by atoms with van der Waals surface area (Å²) in [7, 11) is 2.19. The molecule has 5 heteroatoms. The molecular formula is C15H24NO3P. The first-order valence-corrected chi connectivity index (χ1v) is 7.16. The second-order valence-corrected chi connectivity index (χ2v) is 6.45. The van der Waals surface area contributed by atoms with Crippen molar-refractivity contribution in [2.75, 3.05) is 5.32 Å². The van der Waals surface area contributed by atoms with Crippen LogP contribution in [0.2, 0.25) is 0 Å². The zero-order chi connectivity index (χ0) is 15.2. The molecule has 0 aliphatic carbocycles. The lowest BCUT2D eigenvalue weighted by atomic mass is 9.90. The summed E-state index contributed by atoms with van der Waals surface area (Å²) in [4.78, 5) is 11.9. The number of benzene rings is 1. The zero-order valence-electron chi connectivity index (χ0n) is 12.4. The van der Waals surface area contributed by atoms with Crippen LogP contribution in [0.1, 0.15) is 44.7 Å². The molecule has 0 bridgehead atoms. The van der Waals surface area contributed by atoms with Crippen molar-refractivity contribution in [1.82, 2.24) is 0 Å². The lowest BCUT2D eigenvalue weighted by Gasteiger charge is -2.17. The van der Waals surface area contributed by atoms with Gasteiger partial charge >= 0.3 is 0 Å². The van der Waals surface area contributed by atoms with E-state index in [0.29, 0.717) is 18.7 Å². The maximum absolute atomic E-state index is 11.9. The fourth-order valence-electron chi connectivity index (χ4n) is 1.82. The van der Waals surface area contributed by atoms with E-state index >= 15 is 0 Å². The van der Waals surface area contributed by atoms with E-state index in [1.54, 1.807) is 6.07 Å². The molecule has 0 saturated carbocycles. The van der Waals surface area contributed by atoms with Gasteiger partial charge in [0.2, 0.25) is 5.91 Å². The number of nitrogens with one attached hydrogen (secondary N) is 1.